The summed E-state index contributed by atoms with van der Waals surface area (Å²) >= 11 is 0. The highest BCUT2D eigenvalue weighted by molar-refractivity contribution is 5.60. The molecule has 0 amide bonds. The van der Waals surface area contributed by atoms with Gasteiger partial charge < -0.3 is 15.4 Å². The smallest absolute Gasteiger partial charge is 0.167 e. The SMILES string of the molecule is CCCNc1cc(Nc2ccc(OC)c(F)c2)nc(C)n1. The van der Waals surface area contributed by atoms with Crippen molar-refractivity contribution in [3.8, 4) is 5.75 Å². The van der Waals surface area contributed by atoms with E-state index < -0.39 is 5.82 Å². The predicted molar refractivity (Wildman–Crippen MR) is 81.8 cm³/mol. The summed E-state index contributed by atoms with van der Waals surface area (Å²) in [6.07, 6.45) is 1.01. The Bertz CT molecular complexity index is 619. The third-order valence-electron chi connectivity index (χ3n) is 2.82. The van der Waals surface area contributed by atoms with Gasteiger partial charge in [0.25, 0.3) is 0 Å². The second kappa shape index (κ2) is 6.88. The topological polar surface area (TPSA) is 59.1 Å². The average molecular weight is 290 g/mol. The first-order chi connectivity index (χ1) is 10.1. The van der Waals surface area contributed by atoms with E-state index in [9.17, 15) is 4.39 Å². The number of aryl methyl sites for hydroxylation is 1. The molecule has 2 N–H and O–H groups in total. The second-order valence-corrected chi connectivity index (χ2v) is 4.59. The van der Waals surface area contributed by atoms with Crippen molar-refractivity contribution in [1.29, 1.82) is 0 Å². The van der Waals surface area contributed by atoms with Crippen LogP contribution < -0.4 is 15.4 Å². The number of hydrogen-bond donors (Lipinski definition) is 2. The van der Waals surface area contributed by atoms with Crippen LogP contribution >= 0.6 is 0 Å². The molecule has 0 spiro atoms. The number of rotatable bonds is 6. The summed E-state index contributed by atoms with van der Waals surface area (Å²) in [5.74, 6) is 1.81. The lowest BCUT2D eigenvalue weighted by molar-refractivity contribution is 0.386. The molecule has 112 valence electrons. The predicted octanol–water partition coefficient (Wildman–Crippen LogP) is 3.50. The summed E-state index contributed by atoms with van der Waals surface area (Å²) in [4.78, 5) is 8.60. The zero-order valence-corrected chi connectivity index (χ0v) is 12.4. The molecule has 1 aromatic carbocycles. The number of benzene rings is 1. The van der Waals surface area contributed by atoms with Crippen LogP contribution in [0.25, 0.3) is 0 Å². The van der Waals surface area contributed by atoms with Crippen molar-refractivity contribution in [1.82, 2.24) is 9.97 Å². The van der Waals surface area contributed by atoms with E-state index in [1.807, 2.05) is 6.92 Å². The number of anilines is 3. The van der Waals surface area contributed by atoms with Gasteiger partial charge in [0, 0.05) is 24.4 Å². The minimum atomic E-state index is -0.419. The van der Waals surface area contributed by atoms with Crippen molar-refractivity contribution >= 4 is 17.3 Å². The molecule has 0 atom stereocenters. The summed E-state index contributed by atoms with van der Waals surface area (Å²) in [5.41, 5.74) is 0.604. The molecule has 0 unspecified atom stereocenters. The van der Waals surface area contributed by atoms with Gasteiger partial charge >= 0.3 is 0 Å². The minimum Gasteiger partial charge on any atom is -0.494 e. The number of ether oxygens (including phenoxy) is 1. The molecule has 0 aliphatic rings. The fourth-order valence-electron chi connectivity index (χ4n) is 1.87. The molecule has 0 saturated carbocycles. The van der Waals surface area contributed by atoms with E-state index in [-0.39, 0.29) is 5.75 Å². The van der Waals surface area contributed by atoms with Gasteiger partial charge in [-0.1, -0.05) is 6.92 Å². The van der Waals surface area contributed by atoms with E-state index in [0.717, 1.165) is 18.8 Å². The van der Waals surface area contributed by atoms with Crippen LogP contribution in [-0.2, 0) is 0 Å². The van der Waals surface area contributed by atoms with E-state index in [2.05, 4.69) is 27.5 Å². The lowest BCUT2D eigenvalue weighted by Crippen LogP contribution is -2.05. The first-order valence-corrected chi connectivity index (χ1v) is 6.82. The highest BCUT2D eigenvalue weighted by Crippen LogP contribution is 2.23. The maximum Gasteiger partial charge on any atom is 0.167 e. The summed E-state index contributed by atoms with van der Waals surface area (Å²) in [6.45, 7) is 4.74. The van der Waals surface area contributed by atoms with Crippen molar-refractivity contribution in [2.24, 2.45) is 0 Å². The van der Waals surface area contributed by atoms with Crippen molar-refractivity contribution in [2.45, 2.75) is 20.3 Å². The number of nitrogens with one attached hydrogen (secondary N) is 2. The van der Waals surface area contributed by atoms with Gasteiger partial charge in [0.2, 0.25) is 0 Å². The Kier molecular flexibility index (Phi) is 4.92. The van der Waals surface area contributed by atoms with E-state index in [0.29, 0.717) is 17.3 Å². The minimum absolute atomic E-state index is 0.213. The Morgan fingerprint density at radius 1 is 1.19 bits per heavy atom. The molecule has 5 nitrogen and oxygen atoms in total. The van der Waals surface area contributed by atoms with E-state index in [1.54, 1.807) is 18.2 Å². The Morgan fingerprint density at radius 2 is 1.95 bits per heavy atom. The molecule has 0 bridgehead atoms. The zero-order chi connectivity index (χ0) is 15.2. The highest BCUT2D eigenvalue weighted by Gasteiger charge is 2.06. The van der Waals surface area contributed by atoms with E-state index in [4.69, 9.17) is 4.74 Å². The maximum atomic E-state index is 13.7. The van der Waals surface area contributed by atoms with Gasteiger partial charge in [-0.15, -0.1) is 0 Å². The third kappa shape index (κ3) is 4.05. The second-order valence-electron chi connectivity index (χ2n) is 4.59. The third-order valence-corrected chi connectivity index (χ3v) is 2.82. The molecular weight excluding hydrogens is 271 g/mol. The maximum absolute atomic E-state index is 13.7. The number of hydrogen-bond acceptors (Lipinski definition) is 5. The van der Waals surface area contributed by atoms with Crippen molar-refractivity contribution in [3.63, 3.8) is 0 Å². The van der Waals surface area contributed by atoms with Gasteiger partial charge in [-0.2, -0.15) is 0 Å². The van der Waals surface area contributed by atoms with E-state index >= 15 is 0 Å². The largest absolute Gasteiger partial charge is 0.494 e. The monoisotopic (exact) mass is 290 g/mol. The highest BCUT2D eigenvalue weighted by atomic mass is 19.1. The molecule has 21 heavy (non-hydrogen) atoms. The van der Waals surface area contributed by atoms with Gasteiger partial charge in [0.15, 0.2) is 11.6 Å². The summed E-state index contributed by atoms with van der Waals surface area (Å²) in [6, 6.07) is 6.47. The van der Waals surface area contributed by atoms with Crippen LogP contribution in [-0.4, -0.2) is 23.6 Å². The normalized spacial score (nSPS) is 10.3. The molecule has 1 heterocycles. The van der Waals surface area contributed by atoms with Gasteiger partial charge in [-0.05, 0) is 25.5 Å². The van der Waals surface area contributed by atoms with Crippen molar-refractivity contribution < 1.29 is 9.13 Å². The van der Waals surface area contributed by atoms with Crippen molar-refractivity contribution in [3.05, 3.63) is 35.9 Å². The zero-order valence-electron chi connectivity index (χ0n) is 12.4. The summed E-state index contributed by atoms with van der Waals surface area (Å²) in [7, 11) is 1.44. The molecule has 0 aliphatic heterocycles. The van der Waals surface area contributed by atoms with E-state index in [1.165, 1.54) is 13.2 Å². The molecule has 0 saturated heterocycles. The number of methoxy groups -OCH3 is 1. The van der Waals surface area contributed by atoms with Crippen LogP contribution in [0.2, 0.25) is 0 Å². The number of nitrogens with zero attached hydrogens (tertiary/aromatic N) is 2. The molecule has 0 radical (unpaired) electrons. The number of aromatic nitrogens is 2. The fourth-order valence-corrected chi connectivity index (χ4v) is 1.87. The average Bonchev–Trinajstić information content (AvgIpc) is 2.45. The van der Waals surface area contributed by atoms with Crippen molar-refractivity contribution in [2.75, 3.05) is 24.3 Å². The standard InChI is InChI=1S/C15H19FN4O/c1-4-7-17-14-9-15(19-10(2)18-14)20-11-5-6-13(21-3)12(16)8-11/h5-6,8-9H,4,7H2,1-3H3,(H2,17,18,19,20). The van der Waals surface area contributed by atoms with Crippen LogP contribution in [0.5, 0.6) is 5.75 Å². The molecular formula is C15H19FN4O. The van der Waals surface area contributed by atoms with Crippen LogP contribution in [0.4, 0.5) is 21.7 Å². The molecule has 2 rings (SSSR count). The Labute approximate surface area is 123 Å². The van der Waals surface area contributed by atoms with Gasteiger partial charge in [0.1, 0.15) is 17.5 Å². The molecule has 0 aliphatic carbocycles. The lowest BCUT2D eigenvalue weighted by Gasteiger charge is -2.10. The first kappa shape index (κ1) is 15.0. The Balaban J connectivity index is 2.18. The molecule has 6 heteroatoms. The molecule has 2 aromatic rings. The van der Waals surface area contributed by atoms with Crippen LogP contribution in [0.1, 0.15) is 19.2 Å². The van der Waals surface area contributed by atoms with Crippen LogP contribution in [0, 0.1) is 12.7 Å². The number of halogens is 1. The van der Waals surface area contributed by atoms with Crippen LogP contribution in [0.3, 0.4) is 0 Å². The first-order valence-electron chi connectivity index (χ1n) is 6.82. The van der Waals surface area contributed by atoms with Gasteiger partial charge in [0.05, 0.1) is 7.11 Å². The molecule has 0 fully saturated rings. The summed E-state index contributed by atoms with van der Waals surface area (Å²) in [5, 5.41) is 6.27. The quantitative estimate of drug-likeness (QED) is 0.852. The van der Waals surface area contributed by atoms with Crippen LogP contribution in [0.15, 0.2) is 24.3 Å². The Hall–Kier alpha value is -2.37. The van der Waals surface area contributed by atoms with Gasteiger partial charge in [-0.3, -0.25) is 0 Å². The van der Waals surface area contributed by atoms with Gasteiger partial charge in [-0.25, -0.2) is 14.4 Å². The lowest BCUT2D eigenvalue weighted by atomic mass is 10.3. The molecule has 1 aromatic heterocycles. The fraction of sp³-hybridized carbons (Fsp3) is 0.333. The summed E-state index contributed by atoms with van der Waals surface area (Å²) < 4.78 is 18.6. The Morgan fingerprint density at radius 3 is 2.62 bits per heavy atom.